The van der Waals surface area contributed by atoms with Gasteiger partial charge in [-0.25, -0.2) is 4.98 Å². The van der Waals surface area contributed by atoms with E-state index < -0.39 is 0 Å². The molecule has 1 aromatic heterocycles. The number of imidazole rings is 1. The highest BCUT2D eigenvalue weighted by atomic mass is 32.2. The van der Waals surface area contributed by atoms with Gasteiger partial charge in [0.05, 0.1) is 5.75 Å². The zero-order valence-electron chi connectivity index (χ0n) is 17.7. The lowest BCUT2D eigenvalue weighted by Crippen LogP contribution is -2.24. The van der Waals surface area contributed by atoms with Crippen molar-refractivity contribution < 1.29 is 9.59 Å². The van der Waals surface area contributed by atoms with Gasteiger partial charge in [0, 0.05) is 36.2 Å². The van der Waals surface area contributed by atoms with Crippen LogP contribution in [0.4, 0.5) is 5.69 Å². The Morgan fingerprint density at radius 2 is 1.87 bits per heavy atom. The lowest BCUT2D eigenvalue weighted by atomic mass is 10.1. The maximum Gasteiger partial charge on any atom is 0.230 e. The Morgan fingerprint density at radius 3 is 2.58 bits per heavy atom. The molecule has 7 heteroatoms. The van der Waals surface area contributed by atoms with Crippen LogP contribution in [0.5, 0.6) is 0 Å². The minimum absolute atomic E-state index is 0.0502. The number of anilines is 1. The number of amides is 2. The number of carbonyl (C=O) groups is 2. The quantitative estimate of drug-likeness (QED) is 0.520. The minimum Gasteiger partial charge on any atom is -0.351 e. The molecule has 0 aliphatic heterocycles. The van der Waals surface area contributed by atoms with Crippen LogP contribution in [0, 0.1) is 19.8 Å². The van der Waals surface area contributed by atoms with Crippen molar-refractivity contribution in [3.05, 3.63) is 71.5 Å². The van der Waals surface area contributed by atoms with Gasteiger partial charge in [0.25, 0.3) is 0 Å². The van der Waals surface area contributed by atoms with Crippen LogP contribution < -0.4 is 10.6 Å². The summed E-state index contributed by atoms with van der Waals surface area (Å²) in [5, 5.41) is 6.65. The first-order valence-corrected chi connectivity index (χ1v) is 11.4. The molecular weight excluding hydrogens is 408 g/mol. The van der Waals surface area contributed by atoms with E-state index in [2.05, 4.69) is 47.7 Å². The van der Waals surface area contributed by atoms with Gasteiger partial charge in [0.1, 0.15) is 0 Å². The predicted octanol–water partition coefficient (Wildman–Crippen LogP) is 4.25. The van der Waals surface area contributed by atoms with Crippen LogP contribution in [0.1, 0.15) is 29.5 Å². The third kappa shape index (κ3) is 5.55. The summed E-state index contributed by atoms with van der Waals surface area (Å²) in [7, 11) is 0. The van der Waals surface area contributed by atoms with Crippen LogP contribution in [-0.2, 0) is 16.1 Å². The third-order valence-electron chi connectivity index (χ3n) is 5.37. The van der Waals surface area contributed by atoms with Crippen molar-refractivity contribution in [2.24, 2.45) is 5.92 Å². The largest absolute Gasteiger partial charge is 0.351 e. The number of hydrogen-bond donors (Lipinski definition) is 2. The molecule has 2 amide bonds. The first-order valence-electron chi connectivity index (χ1n) is 10.4. The maximum absolute atomic E-state index is 12.3. The van der Waals surface area contributed by atoms with Crippen LogP contribution in [-0.4, -0.2) is 27.1 Å². The van der Waals surface area contributed by atoms with Crippen LogP contribution in [0.2, 0.25) is 0 Å². The molecule has 2 aromatic carbocycles. The smallest absolute Gasteiger partial charge is 0.230 e. The molecule has 2 N–H and O–H groups in total. The van der Waals surface area contributed by atoms with E-state index in [9.17, 15) is 9.59 Å². The van der Waals surface area contributed by atoms with E-state index in [1.54, 1.807) is 6.20 Å². The highest BCUT2D eigenvalue weighted by Gasteiger charge is 2.29. The molecule has 160 valence electrons. The van der Waals surface area contributed by atoms with Crippen LogP contribution in [0.25, 0.3) is 5.69 Å². The van der Waals surface area contributed by atoms with Gasteiger partial charge in [-0.3, -0.25) is 14.2 Å². The molecule has 0 bridgehead atoms. The molecule has 0 atom stereocenters. The number of nitrogens with zero attached hydrogens (tertiary/aromatic N) is 2. The molecule has 4 rings (SSSR count). The Kier molecular flexibility index (Phi) is 6.42. The number of benzene rings is 2. The van der Waals surface area contributed by atoms with E-state index >= 15 is 0 Å². The van der Waals surface area contributed by atoms with Crippen LogP contribution in [0.15, 0.2) is 60.0 Å². The fourth-order valence-electron chi connectivity index (χ4n) is 3.15. The van der Waals surface area contributed by atoms with Gasteiger partial charge in [-0.1, -0.05) is 30.0 Å². The van der Waals surface area contributed by atoms with Gasteiger partial charge in [-0.15, -0.1) is 0 Å². The molecule has 1 aliphatic carbocycles. The number of aryl methyl sites for hydroxylation is 2. The Hall–Kier alpha value is -3.06. The molecule has 31 heavy (non-hydrogen) atoms. The van der Waals surface area contributed by atoms with E-state index in [0.717, 1.165) is 34.9 Å². The van der Waals surface area contributed by atoms with Crippen molar-refractivity contribution in [3.63, 3.8) is 0 Å². The molecule has 1 fully saturated rings. The Morgan fingerprint density at radius 1 is 1.10 bits per heavy atom. The van der Waals surface area contributed by atoms with E-state index in [-0.39, 0.29) is 23.5 Å². The molecule has 1 saturated carbocycles. The zero-order valence-corrected chi connectivity index (χ0v) is 18.5. The summed E-state index contributed by atoms with van der Waals surface area (Å²) >= 11 is 1.41. The Labute approximate surface area is 186 Å². The number of nitrogens with one attached hydrogen (secondary N) is 2. The Bertz CT molecular complexity index is 1090. The van der Waals surface area contributed by atoms with Crippen molar-refractivity contribution in [2.45, 2.75) is 38.4 Å². The third-order valence-corrected chi connectivity index (χ3v) is 6.33. The van der Waals surface area contributed by atoms with Crippen molar-refractivity contribution in [1.29, 1.82) is 0 Å². The summed E-state index contributed by atoms with van der Waals surface area (Å²) in [6, 6.07) is 13.9. The van der Waals surface area contributed by atoms with E-state index in [4.69, 9.17) is 0 Å². The van der Waals surface area contributed by atoms with E-state index in [1.807, 2.05) is 35.0 Å². The van der Waals surface area contributed by atoms with Crippen molar-refractivity contribution in [1.82, 2.24) is 14.9 Å². The van der Waals surface area contributed by atoms with Crippen LogP contribution in [0.3, 0.4) is 0 Å². The van der Waals surface area contributed by atoms with E-state index in [1.165, 1.54) is 22.9 Å². The standard InChI is InChI=1S/C24H26N4O2S/c1-16-3-10-21(13-17(16)2)28-12-11-25-24(28)31-15-22(29)26-14-18-4-8-20(9-5-18)27-23(30)19-6-7-19/h3-5,8-13,19H,6-7,14-15H2,1-2H3,(H,26,29)(H,27,30). The average molecular weight is 435 g/mol. The molecule has 0 radical (unpaired) electrons. The maximum atomic E-state index is 12.3. The normalized spacial score (nSPS) is 13.1. The van der Waals surface area contributed by atoms with Crippen molar-refractivity contribution in [2.75, 3.05) is 11.1 Å². The summed E-state index contributed by atoms with van der Waals surface area (Å²) in [6.45, 7) is 4.62. The molecule has 0 spiro atoms. The van der Waals surface area contributed by atoms with E-state index in [0.29, 0.717) is 6.54 Å². The van der Waals surface area contributed by atoms with Crippen LogP contribution >= 0.6 is 11.8 Å². The second-order valence-corrected chi connectivity index (χ2v) is 8.82. The fraction of sp³-hybridized carbons (Fsp3) is 0.292. The molecule has 1 heterocycles. The summed E-state index contributed by atoms with van der Waals surface area (Å²) in [4.78, 5) is 28.5. The number of hydrogen-bond acceptors (Lipinski definition) is 4. The summed E-state index contributed by atoms with van der Waals surface area (Å²) in [5.74, 6) is 0.516. The summed E-state index contributed by atoms with van der Waals surface area (Å²) in [5.41, 5.74) is 5.28. The first kappa shape index (κ1) is 21.2. The van der Waals surface area contributed by atoms with Gasteiger partial charge < -0.3 is 10.6 Å². The minimum atomic E-state index is -0.0502. The van der Waals surface area contributed by atoms with Gasteiger partial charge in [0.2, 0.25) is 11.8 Å². The van der Waals surface area contributed by atoms with Crippen molar-refractivity contribution >= 4 is 29.3 Å². The molecular formula is C24H26N4O2S. The SMILES string of the molecule is Cc1ccc(-n2ccnc2SCC(=O)NCc2ccc(NC(=O)C3CC3)cc2)cc1C. The fourth-order valence-corrected chi connectivity index (χ4v) is 3.95. The summed E-state index contributed by atoms with van der Waals surface area (Å²) in [6.07, 6.45) is 5.63. The lowest BCUT2D eigenvalue weighted by Gasteiger charge is -2.10. The zero-order chi connectivity index (χ0) is 21.8. The number of rotatable bonds is 8. The number of carbonyl (C=O) groups excluding carboxylic acids is 2. The Balaban J connectivity index is 1.27. The second kappa shape index (κ2) is 9.39. The highest BCUT2D eigenvalue weighted by molar-refractivity contribution is 7.99. The molecule has 1 aliphatic rings. The van der Waals surface area contributed by atoms with Gasteiger partial charge >= 0.3 is 0 Å². The predicted molar refractivity (Wildman–Crippen MR) is 123 cm³/mol. The van der Waals surface area contributed by atoms with Crippen molar-refractivity contribution in [3.8, 4) is 5.69 Å². The molecule has 3 aromatic rings. The average Bonchev–Trinajstić information content (AvgIpc) is 3.52. The topological polar surface area (TPSA) is 76.0 Å². The molecule has 0 unspecified atom stereocenters. The second-order valence-electron chi connectivity index (χ2n) is 7.87. The lowest BCUT2D eigenvalue weighted by molar-refractivity contribution is -0.119. The van der Waals surface area contributed by atoms with Gasteiger partial charge in [0.15, 0.2) is 5.16 Å². The first-order chi connectivity index (χ1) is 15.0. The molecule has 6 nitrogen and oxygen atoms in total. The monoisotopic (exact) mass is 434 g/mol. The van der Waals surface area contributed by atoms with Gasteiger partial charge in [-0.05, 0) is 67.6 Å². The summed E-state index contributed by atoms with van der Waals surface area (Å²) < 4.78 is 2.00. The number of aromatic nitrogens is 2. The highest BCUT2D eigenvalue weighted by Crippen LogP contribution is 2.30. The molecule has 0 saturated heterocycles. The van der Waals surface area contributed by atoms with Gasteiger partial charge in [-0.2, -0.15) is 0 Å². The number of thioether (sulfide) groups is 1.